The summed E-state index contributed by atoms with van der Waals surface area (Å²) in [5.74, 6) is 0. The highest BCUT2D eigenvalue weighted by Gasteiger charge is 2.08. The van der Waals surface area contributed by atoms with Crippen molar-refractivity contribution < 1.29 is 13.0 Å². The standard InChI is InChI=1S/C12H10O3S3/c13-18(14,15)12-8-6-11(7-9-12)17-16-10-4-2-1-3-5-10/h1-9H,(H,13,14,15). The summed E-state index contributed by atoms with van der Waals surface area (Å²) >= 11 is 0. The van der Waals surface area contributed by atoms with Crippen LogP contribution in [0.5, 0.6) is 0 Å². The molecule has 0 fully saturated rings. The summed E-state index contributed by atoms with van der Waals surface area (Å²) in [5.41, 5.74) is 0. The highest BCUT2D eigenvalue weighted by atomic mass is 33.1. The van der Waals surface area contributed by atoms with Gasteiger partial charge in [-0.1, -0.05) is 39.8 Å². The van der Waals surface area contributed by atoms with Crippen LogP contribution in [0.3, 0.4) is 0 Å². The van der Waals surface area contributed by atoms with Crippen LogP contribution in [-0.4, -0.2) is 13.0 Å². The van der Waals surface area contributed by atoms with E-state index in [1.165, 1.54) is 22.9 Å². The fourth-order valence-electron chi connectivity index (χ4n) is 1.24. The molecular weight excluding hydrogens is 288 g/mol. The minimum Gasteiger partial charge on any atom is -0.282 e. The van der Waals surface area contributed by atoms with Crippen molar-refractivity contribution in [2.24, 2.45) is 0 Å². The molecule has 0 unspecified atom stereocenters. The van der Waals surface area contributed by atoms with Crippen molar-refractivity contribution in [1.82, 2.24) is 0 Å². The van der Waals surface area contributed by atoms with Crippen molar-refractivity contribution in [2.45, 2.75) is 14.7 Å². The van der Waals surface area contributed by atoms with Gasteiger partial charge in [0.1, 0.15) is 0 Å². The topological polar surface area (TPSA) is 54.4 Å². The molecule has 0 amide bonds. The summed E-state index contributed by atoms with van der Waals surface area (Å²) in [5, 5.41) is 0. The summed E-state index contributed by atoms with van der Waals surface area (Å²) in [6, 6.07) is 16.0. The van der Waals surface area contributed by atoms with Gasteiger partial charge >= 0.3 is 0 Å². The second-order valence-electron chi connectivity index (χ2n) is 3.43. The lowest BCUT2D eigenvalue weighted by molar-refractivity contribution is 0.483. The van der Waals surface area contributed by atoms with Crippen LogP contribution in [0.25, 0.3) is 0 Å². The lowest BCUT2D eigenvalue weighted by atomic mass is 10.4. The molecule has 2 rings (SSSR count). The lowest BCUT2D eigenvalue weighted by Gasteiger charge is -2.02. The molecular formula is C12H10O3S3. The van der Waals surface area contributed by atoms with Crippen LogP contribution in [0.15, 0.2) is 69.3 Å². The van der Waals surface area contributed by atoms with Gasteiger partial charge in [-0.05, 0) is 36.4 Å². The van der Waals surface area contributed by atoms with Gasteiger partial charge in [0.25, 0.3) is 10.1 Å². The van der Waals surface area contributed by atoms with Crippen molar-refractivity contribution in [3.8, 4) is 0 Å². The molecule has 0 bridgehead atoms. The molecule has 0 saturated carbocycles. The van der Waals surface area contributed by atoms with E-state index in [0.29, 0.717) is 0 Å². The molecule has 0 radical (unpaired) electrons. The predicted octanol–water partition coefficient (Wildman–Crippen LogP) is 3.73. The Morgan fingerprint density at radius 3 is 1.78 bits per heavy atom. The van der Waals surface area contributed by atoms with Crippen LogP contribution >= 0.6 is 21.6 Å². The molecule has 0 aliphatic heterocycles. The highest BCUT2D eigenvalue weighted by Crippen LogP contribution is 2.37. The number of benzene rings is 2. The molecule has 2 aromatic carbocycles. The van der Waals surface area contributed by atoms with Gasteiger partial charge in [-0.2, -0.15) is 8.42 Å². The Balaban J connectivity index is 2.03. The zero-order valence-corrected chi connectivity index (χ0v) is 11.6. The molecule has 0 atom stereocenters. The van der Waals surface area contributed by atoms with E-state index < -0.39 is 10.1 Å². The molecule has 0 heterocycles. The summed E-state index contributed by atoms with van der Waals surface area (Å²) in [4.78, 5) is 1.97. The normalized spacial score (nSPS) is 11.4. The van der Waals surface area contributed by atoms with Crippen molar-refractivity contribution in [3.05, 3.63) is 54.6 Å². The Bertz CT molecular complexity index is 607. The third-order valence-corrected chi connectivity index (χ3v) is 5.38. The quantitative estimate of drug-likeness (QED) is 0.688. The van der Waals surface area contributed by atoms with Gasteiger partial charge in [0.2, 0.25) is 0 Å². The van der Waals surface area contributed by atoms with Gasteiger partial charge in [0.05, 0.1) is 4.90 Å². The van der Waals surface area contributed by atoms with Gasteiger partial charge in [-0.3, -0.25) is 4.55 Å². The Morgan fingerprint density at radius 1 is 0.778 bits per heavy atom. The first-order valence-electron chi connectivity index (χ1n) is 5.03. The van der Waals surface area contributed by atoms with Crippen molar-refractivity contribution in [3.63, 3.8) is 0 Å². The molecule has 2 aromatic rings. The van der Waals surface area contributed by atoms with Gasteiger partial charge in [0.15, 0.2) is 0 Å². The minimum absolute atomic E-state index is 0.0865. The van der Waals surface area contributed by atoms with Crippen LogP contribution in [0, 0.1) is 0 Å². The maximum Gasteiger partial charge on any atom is 0.294 e. The molecule has 0 aliphatic carbocycles. The fourth-order valence-corrected chi connectivity index (χ4v) is 3.67. The smallest absolute Gasteiger partial charge is 0.282 e. The molecule has 3 nitrogen and oxygen atoms in total. The summed E-state index contributed by atoms with van der Waals surface area (Å²) in [6.07, 6.45) is 0. The van der Waals surface area contributed by atoms with Gasteiger partial charge < -0.3 is 0 Å². The maximum absolute atomic E-state index is 10.9. The van der Waals surface area contributed by atoms with E-state index in [-0.39, 0.29) is 4.90 Å². The van der Waals surface area contributed by atoms with Crippen LogP contribution in [0.4, 0.5) is 0 Å². The molecule has 0 aliphatic rings. The Morgan fingerprint density at radius 2 is 1.28 bits per heavy atom. The summed E-state index contributed by atoms with van der Waals surface area (Å²) < 4.78 is 30.6. The first kappa shape index (κ1) is 13.5. The molecule has 6 heteroatoms. The summed E-state index contributed by atoms with van der Waals surface area (Å²) in [6.45, 7) is 0. The molecule has 0 saturated heterocycles. The monoisotopic (exact) mass is 298 g/mol. The minimum atomic E-state index is -4.10. The van der Waals surface area contributed by atoms with Crippen molar-refractivity contribution in [1.29, 1.82) is 0 Å². The largest absolute Gasteiger partial charge is 0.294 e. The second kappa shape index (κ2) is 5.79. The van der Waals surface area contributed by atoms with E-state index in [0.717, 1.165) is 9.79 Å². The van der Waals surface area contributed by atoms with Crippen LogP contribution in [0.1, 0.15) is 0 Å². The molecule has 0 spiro atoms. The SMILES string of the molecule is O=S(=O)(O)c1ccc(SSc2ccccc2)cc1. The van der Waals surface area contributed by atoms with E-state index in [1.54, 1.807) is 22.9 Å². The third-order valence-electron chi connectivity index (χ3n) is 2.10. The molecule has 0 aromatic heterocycles. The van der Waals surface area contributed by atoms with Crippen LogP contribution < -0.4 is 0 Å². The van der Waals surface area contributed by atoms with Gasteiger partial charge in [-0.25, -0.2) is 0 Å². The second-order valence-corrected chi connectivity index (χ2v) is 7.12. The van der Waals surface area contributed by atoms with E-state index in [2.05, 4.69) is 0 Å². The maximum atomic E-state index is 10.9. The fraction of sp³-hybridized carbons (Fsp3) is 0. The molecule has 1 N–H and O–H groups in total. The predicted molar refractivity (Wildman–Crippen MR) is 74.4 cm³/mol. The van der Waals surface area contributed by atoms with Crippen molar-refractivity contribution in [2.75, 3.05) is 0 Å². The average molecular weight is 298 g/mol. The highest BCUT2D eigenvalue weighted by molar-refractivity contribution is 8.76. The van der Waals surface area contributed by atoms with Crippen LogP contribution in [-0.2, 0) is 10.1 Å². The first-order valence-corrected chi connectivity index (χ1v) is 8.62. The summed E-state index contributed by atoms with van der Waals surface area (Å²) in [7, 11) is -0.978. The van der Waals surface area contributed by atoms with E-state index in [4.69, 9.17) is 4.55 Å². The van der Waals surface area contributed by atoms with Gasteiger partial charge in [-0.15, -0.1) is 0 Å². The zero-order valence-electron chi connectivity index (χ0n) is 9.18. The first-order chi connectivity index (χ1) is 8.55. The third kappa shape index (κ3) is 3.78. The Hall–Kier alpha value is -0.950. The van der Waals surface area contributed by atoms with E-state index >= 15 is 0 Å². The van der Waals surface area contributed by atoms with Crippen molar-refractivity contribution >= 4 is 31.7 Å². The number of hydrogen-bond donors (Lipinski definition) is 1. The molecule has 18 heavy (non-hydrogen) atoms. The van der Waals surface area contributed by atoms with E-state index in [9.17, 15) is 8.42 Å². The van der Waals surface area contributed by atoms with Gasteiger partial charge in [0, 0.05) is 9.79 Å². The Labute approximate surface area is 114 Å². The number of rotatable bonds is 4. The zero-order chi connectivity index (χ0) is 13.0. The Kier molecular flexibility index (Phi) is 4.34. The average Bonchev–Trinajstić information content (AvgIpc) is 2.37. The van der Waals surface area contributed by atoms with Crippen LogP contribution in [0.2, 0.25) is 0 Å². The van der Waals surface area contributed by atoms with E-state index in [1.807, 2.05) is 30.3 Å². The number of hydrogen-bond acceptors (Lipinski definition) is 4. The molecule has 94 valence electrons. The lowest BCUT2D eigenvalue weighted by Crippen LogP contribution is -1.96.